The van der Waals surface area contributed by atoms with Crippen molar-refractivity contribution in [2.24, 2.45) is 0 Å². The van der Waals surface area contributed by atoms with E-state index in [-0.39, 0.29) is 11.4 Å². The topological polar surface area (TPSA) is 64.4 Å². The van der Waals surface area contributed by atoms with Crippen molar-refractivity contribution in [2.45, 2.75) is 50.8 Å². The molecule has 1 fully saturated rings. The van der Waals surface area contributed by atoms with Gasteiger partial charge < -0.3 is 9.30 Å². The molecule has 0 amide bonds. The van der Waals surface area contributed by atoms with Crippen LogP contribution in [-0.4, -0.2) is 40.2 Å². The van der Waals surface area contributed by atoms with Crippen LogP contribution in [0.15, 0.2) is 36.5 Å². The molecule has 1 unspecified atom stereocenters. The maximum absolute atomic E-state index is 12.7. The molecule has 1 saturated carbocycles. The van der Waals surface area contributed by atoms with E-state index in [2.05, 4.69) is 9.55 Å². The molecule has 2 aromatic rings. The first-order chi connectivity index (χ1) is 12.0. The molecular weight excluding hydrogens is 338 g/mol. The highest BCUT2D eigenvalue weighted by Gasteiger charge is 2.41. The molecule has 25 heavy (non-hydrogen) atoms. The summed E-state index contributed by atoms with van der Waals surface area (Å²) < 4.78 is 35.3. The lowest BCUT2D eigenvalue weighted by molar-refractivity contribution is 0.0206. The number of rotatable bonds is 5. The van der Waals surface area contributed by atoms with Crippen molar-refractivity contribution in [3.05, 3.63) is 53.6 Å². The summed E-state index contributed by atoms with van der Waals surface area (Å²) in [5.74, 6) is 0. The Morgan fingerprint density at radius 1 is 1.20 bits per heavy atom. The van der Waals surface area contributed by atoms with E-state index in [1.54, 1.807) is 4.31 Å². The van der Waals surface area contributed by atoms with Crippen LogP contribution in [0.2, 0.25) is 0 Å². The van der Waals surface area contributed by atoms with Gasteiger partial charge in [0.05, 0.1) is 30.2 Å². The maximum Gasteiger partial charge on any atom is 0.217 e. The van der Waals surface area contributed by atoms with Gasteiger partial charge in [0.2, 0.25) is 10.0 Å². The molecule has 0 spiro atoms. The van der Waals surface area contributed by atoms with Crippen LogP contribution in [0.4, 0.5) is 0 Å². The van der Waals surface area contributed by atoms with E-state index in [0.29, 0.717) is 26.2 Å². The fraction of sp³-hybridized carbons (Fsp3) is 0.500. The molecule has 1 aliphatic heterocycles. The van der Waals surface area contributed by atoms with E-state index in [1.165, 1.54) is 0 Å². The molecule has 2 aliphatic rings. The maximum atomic E-state index is 12.7. The standard InChI is InChI=1S/C18H23N3O3S/c1-14-4-2-5-15(19-14)13-24-17-11-20-9-3-6-16(20)10-21(12-17)25(22,23)18-7-8-18/h2-6,9,17-18H,7-8,10-13H2,1H3. The Labute approximate surface area is 148 Å². The van der Waals surface area contributed by atoms with Gasteiger partial charge in [-0.2, -0.15) is 4.31 Å². The van der Waals surface area contributed by atoms with Gasteiger partial charge in [-0.3, -0.25) is 4.98 Å². The number of ether oxygens (including phenoxy) is 1. The summed E-state index contributed by atoms with van der Waals surface area (Å²) >= 11 is 0. The van der Waals surface area contributed by atoms with Crippen LogP contribution >= 0.6 is 0 Å². The van der Waals surface area contributed by atoms with Crippen molar-refractivity contribution in [2.75, 3.05) is 6.54 Å². The molecule has 7 heteroatoms. The number of aryl methyl sites for hydroxylation is 1. The summed E-state index contributed by atoms with van der Waals surface area (Å²) in [7, 11) is -3.23. The Bertz CT molecular complexity index is 858. The highest BCUT2D eigenvalue weighted by molar-refractivity contribution is 7.90. The molecule has 4 rings (SSSR count). The van der Waals surface area contributed by atoms with Gasteiger partial charge >= 0.3 is 0 Å². The van der Waals surface area contributed by atoms with E-state index < -0.39 is 10.0 Å². The summed E-state index contributed by atoms with van der Waals surface area (Å²) in [4.78, 5) is 4.46. The molecule has 6 nitrogen and oxygen atoms in total. The predicted molar refractivity (Wildman–Crippen MR) is 94.3 cm³/mol. The monoisotopic (exact) mass is 361 g/mol. The Hall–Kier alpha value is -1.70. The predicted octanol–water partition coefficient (Wildman–Crippen LogP) is 2.08. The van der Waals surface area contributed by atoms with Gasteiger partial charge in [-0.1, -0.05) is 6.07 Å². The third-order valence-corrected chi connectivity index (χ3v) is 7.10. The highest BCUT2D eigenvalue weighted by atomic mass is 32.2. The van der Waals surface area contributed by atoms with E-state index >= 15 is 0 Å². The fourth-order valence-electron chi connectivity index (χ4n) is 3.28. The Morgan fingerprint density at radius 3 is 2.80 bits per heavy atom. The number of hydrogen-bond donors (Lipinski definition) is 0. The summed E-state index contributed by atoms with van der Waals surface area (Å²) in [6, 6.07) is 9.79. The van der Waals surface area contributed by atoms with Gasteiger partial charge in [0.15, 0.2) is 0 Å². The molecule has 2 aromatic heterocycles. The van der Waals surface area contributed by atoms with Crippen LogP contribution in [-0.2, 0) is 34.5 Å². The summed E-state index contributed by atoms with van der Waals surface area (Å²) in [6.07, 6.45) is 3.35. The van der Waals surface area contributed by atoms with Gasteiger partial charge in [0, 0.05) is 30.7 Å². The lowest BCUT2D eigenvalue weighted by Gasteiger charge is -2.23. The molecule has 0 N–H and O–H groups in total. The van der Waals surface area contributed by atoms with Crippen molar-refractivity contribution in [1.29, 1.82) is 0 Å². The number of hydrogen-bond acceptors (Lipinski definition) is 4. The second kappa shape index (κ2) is 6.55. The van der Waals surface area contributed by atoms with E-state index in [9.17, 15) is 8.42 Å². The average molecular weight is 361 g/mol. The van der Waals surface area contributed by atoms with Gasteiger partial charge in [0.1, 0.15) is 0 Å². The minimum absolute atomic E-state index is 0.190. The number of pyridine rings is 1. The molecule has 0 aromatic carbocycles. The molecule has 0 saturated heterocycles. The zero-order chi connectivity index (χ0) is 17.4. The smallest absolute Gasteiger partial charge is 0.217 e. The van der Waals surface area contributed by atoms with Crippen molar-refractivity contribution in [1.82, 2.24) is 13.9 Å². The highest BCUT2D eigenvalue weighted by Crippen LogP contribution is 2.33. The van der Waals surface area contributed by atoms with Crippen molar-refractivity contribution in [3.8, 4) is 0 Å². The SMILES string of the molecule is Cc1cccc(COC2CN(S(=O)(=O)C3CC3)Cc3cccn3C2)n1. The Balaban J connectivity index is 1.52. The lowest BCUT2D eigenvalue weighted by Crippen LogP contribution is -2.39. The fourth-order valence-corrected chi connectivity index (χ4v) is 5.12. The Kier molecular flexibility index (Phi) is 4.39. The summed E-state index contributed by atoms with van der Waals surface area (Å²) in [6.45, 7) is 3.82. The molecule has 1 aliphatic carbocycles. The lowest BCUT2D eigenvalue weighted by atomic mass is 10.3. The van der Waals surface area contributed by atoms with Crippen LogP contribution in [0, 0.1) is 6.92 Å². The Morgan fingerprint density at radius 2 is 2.04 bits per heavy atom. The number of sulfonamides is 1. The second-order valence-electron chi connectivity index (χ2n) is 6.89. The number of fused-ring (bicyclic) bond motifs is 1. The van der Waals surface area contributed by atoms with E-state index in [1.807, 2.05) is 43.5 Å². The number of aromatic nitrogens is 2. The van der Waals surface area contributed by atoms with Crippen LogP contribution in [0.1, 0.15) is 29.9 Å². The third-order valence-electron chi connectivity index (χ3n) is 4.79. The van der Waals surface area contributed by atoms with Crippen molar-refractivity contribution < 1.29 is 13.2 Å². The zero-order valence-corrected chi connectivity index (χ0v) is 15.2. The average Bonchev–Trinajstić information content (AvgIpc) is 3.38. The molecule has 0 radical (unpaired) electrons. The largest absolute Gasteiger partial charge is 0.369 e. The van der Waals surface area contributed by atoms with Gasteiger partial charge in [-0.15, -0.1) is 0 Å². The molecule has 0 bridgehead atoms. The molecular formula is C18H23N3O3S. The van der Waals surface area contributed by atoms with Crippen LogP contribution in [0.3, 0.4) is 0 Å². The van der Waals surface area contributed by atoms with Gasteiger partial charge in [0.25, 0.3) is 0 Å². The summed E-state index contributed by atoms with van der Waals surface area (Å²) in [5, 5.41) is -0.201. The first kappa shape index (κ1) is 16.8. The minimum Gasteiger partial charge on any atom is -0.369 e. The third kappa shape index (κ3) is 3.63. The van der Waals surface area contributed by atoms with Crippen LogP contribution in [0.5, 0.6) is 0 Å². The van der Waals surface area contributed by atoms with Crippen molar-refractivity contribution >= 4 is 10.0 Å². The molecule has 134 valence electrons. The van der Waals surface area contributed by atoms with Gasteiger partial charge in [-0.25, -0.2) is 8.42 Å². The first-order valence-corrected chi connectivity index (χ1v) is 10.2. The van der Waals surface area contributed by atoms with Gasteiger partial charge in [-0.05, 0) is 44.0 Å². The van der Waals surface area contributed by atoms with Crippen LogP contribution in [0.25, 0.3) is 0 Å². The van der Waals surface area contributed by atoms with E-state index in [4.69, 9.17) is 4.74 Å². The summed E-state index contributed by atoms with van der Waals surface area (Å²) in [5.41, 5.74) is 2.84. The normalized spacial score (nSPS) is 21.7. The number of nitrogens with zero attached hydrogens (tertiary/aromatic N) is 3. The van der Waals surface area contributed by atoms with E-state index in [0.717, 1.165) is 29.9 Å². The first-order valence-electron chi connectivity index (χ1n) is 8.69. The van der Waals surface area contributed by atoms with Crippen LogP contribution < -0.4 is 0 Å². The van der Waals surface area contributed by atoms with Crippen molar-refractivity contribution in [3.63, 3.8) is 0 Å². The quantitative estimate of drug-likeness (QED) is 0.818. The molecule has 1 atom stereocenters. The minimum atomic E-state index is -3.23. The zero-order valence-electron chi connectivity index (χ0n) is 14.3. The second-order valence-corrected chi connectivity index (χ2v) is 9.11. The molecule has 3 heterocycles.